The molecule has 0 spiro atoms. The lowest BCUT2D eigenvalue weighted by atomic mass is 10.6. The molecule has 0 fully saturated rings. The maximum atomic E-state index is 10.3. The number of thiazole rings is 1. The molecule has 1 aromatic rings. The van der Waals surface area contributed by atoms with Crippen LogP contribution in [0.15, 0.2) is 4.79 Å². The van der Waals surface area contributed by atoms with Gasteiger partial charge in [0.15, 0.2) is 0 Å². The van der Waals surface area contributed by atoms with Crippen molar-refractivity contribution in [3.05, 3.63) is 14.5 Å². The molecule has 0 bridgehead atoms. The summed E-state index contributed by atoms with van der Waals surface area (Å²) in [4.78, 5) is 13.0. The molecule has 1 aromatic heterocycles. The SMILES string of the molecule is CC.Cc1sc(=O)[nH]c1O. The number of aromatic amines is 1. The summed E-state index contributed by atoms with van der Waals surface area (Å²) >= 11 is 1.01. The van der Waals surface area contributed by atoms with Crippen LogP contribution in [0.1, 0.15) is 18.7 Å². The van der Waals surface area contributed by atoms with Gasteiger partial charge in [0.1, 0.15) is 0 Å². The van der Waals surface area contributed by atoms with E-state index in [2.05, 4.69) is 4.98 Å². The number of rotatable bonds is 0. The monoisotopic (exact) mass is 161 g/mol. The van der Waals surface area contributed by atoms with Crippen molar-refractivity contribution in [2.45, 2.75) is 20.8 Å². The minimum absolute atomic E-state index is 0.0139. The molecule has 0 aliphatic carbocycles. The Labute approximate surface area is 63.3 Å². The van der Waals surface area contributed by atoms with E-state index in [0.29, 0.717) is 4.88 Å². The Morgan fingerprint density at radius 2 is 2.00 bits per heavy atom. The number of aromatic nitrogens is 1. The van der Waals surface area contributed by atoms with Gasteiger partial charge in [0.05, 0.1) is 4.88 Å². The minimum Gasteiger partial charge on any atom is -0.494 e. The zero-order chi connectivity index (χ0) is 8.15. The zero-order valence-electron chi connectivity index (χ0n) is 6.26. The van der Waals surface area contributed by atoms with E-state index in [1.807, 2.05) is 13.8 Å². The number of aryl methyl sites for hydroxylation is 1. The molecule has 58 valence electrons. The second-order valence-electron chi connectivity index (χ2n) is 1.42. The summed E-state index contributed by atoms with van der Waals surface area (Å²) < 4.78 is 0. The van der Waals surface area contributed by atoms with Crippen molar-refractivity contribution >= 4 is 11.3 Å². The Morgan fingerprint density at radius 1 is 1.50 bits per heavy atom. The fourth-order valence-corrected chi connectivity index (χ4v) is 0.971. The molecule has 4 heteroatoms. The number of aromatic hydroxyl groups is 1. The standard InChI is InChI=1S/C4H5NO2S.C2H6/c1-2-3(6)5-4(7)8-2;1-2/h6H,1H3,(H,5,7);1-2H3. The van der Waals surface area contributed by atoms with Crippen LogP contribution >= 0.6 is 11.3 Å². The van der Waals surface area contributed by atoms with Crippen LogP contribution in [0.2, 0.25) is 0 Å². The quantitative estimate of drug-likeness (QED) is 0.605. The van der Waals surface area contributed by atoms with Gasteiger partial charge in [0.25, 0.3) is 0 Å². The van der Waals surface area contributed by atoms with Crippen LogP contribution in [0.5, 0.6) is 5.88 Å². The minimum atomic E-state index is -0.208. The highest BCUT2D eigenvalue weighted by Gasteiger charge is 1.97. The van der Waals surface area contributed by atoms with Crippen molar-refractivity contribution in [3.63, 3.8) is 0 Å². The predicted molar refractivity (Wildman–Crippen MR) is 42.7 cm³/mol. The highest BCUT2D eigenvalue weighted by atomic mass is 32.1. The van der Waals surface area contributed by atoms with E-state index in [9.17, 15) is 4.79 Å². The summed E-state index contributed by atoms with van der Waals surface area (Å²) in [7, 11) is 0. The van der Waals surface area contributed by atoms with Gasteiger partial charge >= 0.3 is 4.87 Å². The van der Waals surface area contributed by atoms with Crippen LogP contribution in [-0.4, -0.2) is 10.1 Å². The zero-order valence-corrected chi connectivity index (χ0v) is 7.08. The first kappa shape index (κ1) is 9.23. The molecule has 2 N–H and O–H groups in total. The second-order valence-corrected chi connectivity index (χ2v) is 2.61. The molecule has 0 atom stereocenters. The first-order valence-electron chi connectivity index (χ1n) is 3.09. The van der Waals surface area contributed by atoms with Gasteiger partial charge in [-0.2, -0.15) is 0 Å². The Hall–Kier alpha value is -0.770. The Bertz CT molecular complexity index is 216. The van der Waals surface area contributed by atoms with Gasteiger partial charge in [-0.15, -0.1) is 0 Å². The van der Waals surface area contributed by atoms with Crippen molar-refractivity contribution in [2.75, 3.05) is 0 Å². The summed E-state index contributed by atoms with van der Waals surface area (Å²) in [6.07, 6.45) is 0. The first-order valence-corrected chi connectivity index (χ1v) is 3.90. The Kier molecular flexibility index (Phi) is 3.79. The van der Waals surface area contributed by atoms with Crippen molar-refractivity contribution in [1.82, 2.24) is 4.98 Å². The highest BCUT2D eigenvalue weighted by molar-refractivity contribution is 7.09. The first-order chi connectivity index (χ1) is 4.70. The molecular weight excluding hydrogens is 150 g/mol. The van der Waals surface area contributed by atoms with Crippen LogP contribution in [0.4, 0.5) is 0 Å². The number of hydrogen-bond donors (Lipinski definition) is 2. The van der Waals surface area contributed by atoms with E-state index in [4.69, 9.17) is 5.11 Å². The molecule has 0 aliphatic rings. The maximum absolute atomic E-state index is 10.3. The van der Waals surface area contributed by atoms with E-state index in [0.717, 1.165) is 11.3 Å². The number of hydrogen-bond acceptors (Lipinski definition) is 3. The van der Waals surface area contributed by atoms with Gasteiger partial charge in [0.2, 0.25) is 5.88 Å². The fraction of sp³-hybridized carbons (Fsp3) is 0.500. The number of H-pyrrole nitrogens is 1. The van der Waals surface area contributed by atoms with Crippen LogP contribution < -0.4 is 4.87 Å². The molecule has 0 amide bonds. The lowest BCUT2D eigenvalue weighted by Crippen LogP contribution is -1.89. The van der Waals surface area contributed by atoms with Crippen LogP contribution in [0.25, 0.3) is 0 Å². The van der Waals surface area contributed by atoms with E-state index >= 15 is 0 Å². The number of nitrogens with one attached hydrogen (secondary N) is 1. The normalized spacial score (nSPS) is 8.30. The fourth-order valence-electron chi connectivity index (χ4n) is 0.398. The molecule has 0 aliphatic heterocycles. The van der Waals surface area contributed by atoms with Crippen LogP contribution in [0.3, 0.4) is 0 Å². The summed E-state index contributed by atoms with van der Waals surface area (Å²) in [5, 5.41) is 8.69. The van der Waals surface area contributed by atoms with Crippen molar-refractivity contribution in [1.29, 1.82) is 0 Å². The predicted octanol–water partition coefficient (Wildman–Crippen LogP) is 1.48. The molecular formula is C6H11NO2S. The van der Waals surface area contributed by atoms with Crippen LogP contribution in [0, 0.1) is 6.92 Å². The molecule has 1 rings (SSSR count). The van der Waals surface area contributed by atoms with Crippen LogP contribution in [-0.2, 0) is 0 Å². The van der Waals surface area contributed by atoms with Gasteiger partial charge in [-0.3, -0.25) is 9.78 Å². The summed E-state index contributed by atoms with van der Waals surface area (Å²) in [5.74, 6) is -0.0139. The lowest BCUT2D eigenvalue weighted by molar-refractivity contribution is 0.452. The smallest absolute Gasteiger partial charge is 0.307 e. The third-order valence-electron chi connectivity index (χ3n) is 0.800. The molecule has 0 unspecified atom stereocenters. The summed E-state index contributed by atoms with van der Waals surface area (Å²) in [5.41, 5.74) is 0. The van der Waals surface area contributed by atoms with E-state index in [-0.39, 0.29) is 10.8 Å². The second kappa shape index (κ2) is 4.11. The van der Waals surface area contributed by atoms with Gasteiger partial charge in [-0.05, 0) is 6.92 Å². The van der Waals surface area contributed by atoms with E-state index in [1.165, 1.54) is 0 Å². The highest BCUT2D eigenvalue weighted by Crippen LogP contribution is 2.11. The van der Waals surface area contributed by atoms with Crippen molar-refractivity contribution in [2.24, 2.45) is 0 Å². The lowest BCUT2D eigenvalue weighted by Gasteiger charge is -1.78. The molecule has 0 radical (unpaired) electrons. The van der Waals surface area contributed by atoms with Gasteiger partial charge < -0.3 is 5.11 Å². The Morgan fingerprint density at radius 3 is 2.10 bits per heavy atom. The average molecular weight is 161 g/mol. The topological polar surface area (TPSA) is 53.1 Å². The molecule has 10 heavy (non-hydrogen) atoms. The Balaban J connectivity index is 0.000000371. The van der Waals surface area contributed by atoms with E-state index < -0.39 is 0 Å². The largest absolute Gasteiger partial charge is 0.494 e. The molecule has 0 saturated heterocycles. The van der Waals surface area contributed by atoms with E-state index in [1.54, 1.807) is 6.92 Å². The summed E-state index contributed by atoms with van der Waals surface area (Å²) in [6, 6.07) is 0. The van der Waals surface area contributed by atoms with Gasteiger partial charge in [0, 0.05) is 0 Å². The summed E-state index contributed by atoms with van der Waals surface area (Å²) in [6.45, 7) is 5.68. The van der Waals surface area contributed by atoms with Crippen molar-refractivity contribution in [3.8, 4) is 5.88 Å². The third kappa shape index (κ3) is 2.23. The van der Waals surface area contributed by atoms with Gasteiger partial charge in [-0.25, -0.2) is 0 Å². The maximum Gasteiger partial charge on any atom is 0.307 e. The molecule has 0 aromatic carbocycles. The van der Waals surface area contributed by atoms with Gasteiger partial charge in [-0.1, -0.05) is 25.2 Å². The van der Waals surface area contributed by atoms with Crippen molar-refractivity contribution < 1.29 is 5.11 Å². The average Bonchev–Trinajstić information content (AvgIpc) is 2.16. The molecule has 3 nitrogen and oxygen atoms in total. The third-order valence-corrected chi connectivity index (χ3v) is 1.59. The molecule has 0 saturated carbocycles. The molecule has 1 heterocycles.